The van der Waals surface area contributed by atoms with Crippen molar-refractivity contribution in [2.75, 3.05) is 5.32 Å². The molecular weight excluding hydrogens is 148 g/mol. The minimum absolute atomic E-state index is 0.547. The van der Waals surface area contributed by atoms with Crippen molar-refractivity contribution >= 4 is 5.69 Å². The third-order valence-electron chi connectivity index (χ3n) is 1.95. The Bertz CT molecular complexity index is 204. The van der Waals surface area contributed by atoms with Gasteiger partial charge < -0.3 is 5.32 Å². The average Bonchev–Trinajstić information content (AvgIpc) is 2.16. The predicted molar refractivity (Wildman–Crippen MR) is 51.1 cm³/mol. The zero-order valence-corrected chi connectivity index (χ0v) is 7.67. The Morgan fingerprint density at radius 2 is 2.25 bits per heavy atom. The van der Waals surface area contributed by atoms with E-state index in [9.17, 15) is 0 Å². The van der Waals surface area contributed by atoms with Gasteiger partial charge in [0.2, 0.25) is 0 Å². The zero-order chi connectivity index (χ0) is 8.81. The number of hydrogen-bond donors (Lipinski definition) is 1. The van der Waals surface area contributed by atoms with Crippen LogP contribution in [-0.2, 0) is 0 Å². The molecule has 0 unspecified atom stereocenters. The minimum atomic E-state index is 0.547. The minimum Gasteiger partial charge on any atom is -0.381 e. The Hall–Kier alpha value is -1.05. The van der Waals surface area contributed by atoms with Crippen LogP contribution < -0.4 is 5.32 Å². The van der Waals surface area contributed by atoms with Gasteiger partial charge in [0.1, 0.15) is 6.20 Å². The first-order valence-corrected chi connectivity index (χ1v) is 4.46. The standard InChI is InChI=1S/C10H15N2/c1-3-9(4-2)12-10-6-5-7-11-8-10/h5-7,9,12H,3-4H2,1-2H3. The molecule has 2 nitrogen and oxygen atoms in total. The molecule has 12 heavy (non-hydrogen) atoms. The Kier molecular flexibility index (Phi) is 3.58. The lowest BCUT2D eigenvalue weighted by Gasteiger charge is -2.14. The topological polar surface area (TPSA) is 24.9 Å². The number of anilines is 1. The van der Waals surface area contributed by atoms with Gasteiger partial charge in [-0.2, -0.15) is 0 Å². The van der Waals surface area contributed by atoms with Crippen molar-refractivity contribution in [1.29, 1.82) is 0 Å². The number of nitrogens with zero attached hydrogens (tertiary/aromatic N) is 1. The van der Waals surface area contributed by atoms with Gasteiger partial charge in [-0.1, -0.05) is 13.8 Å². The molecule has 0 spiro atoms. The third-order valence-corrected chi connectivity index (χ3v) is 1.95. The van der Waals surface area contributed by atoms with Crippen molar-refractivity contribution < 1.29 is 0 Å². The van der Waals surface area contributed by atoms with E-state index in [4.69, 9.17) is 0 Å². The second-order valence-electron chi connectivity index (χ2n) is 2.82. The molecule has 0 aliphatic rings. The zero-order valence-electron chi connectivity index (χ0n) is 7.67. The SMILES string of the molecule is CCC(CC)Nc1[c]nccc1. The molecule has 0 bridgehead atoms. The van der Waals surface area contributed by atoms with Crippen LogP contribution >= 0.6 is 0 Å². The van der Waals surface area contributed by atoms with Crippen LogP contribution in [0, 0.1) is 6.20 Å². The summed E-state index contributed by atoms with van der Waals surface area (Å²) in [5.74, 6) is 0. The van der Waals surface area contributed by atoms with Gasteiger partial charge in [-0.05, 0) is 25.0 Å². The average molecular weight is 163 g/mol. The lowest BCUT2D eigenvalue weighted by atomic mass is 10.1. The number of pyridine rings is 1. The van der Waals surface area contributed by atoms with Gasteiger partial charge >= 0.3 is 0 Å². The Morgan fingerprint density at radius 3 is 2.75 bits per heavy atom. The van der Waals surface area contributed by atoms with E-state index in [1.807, 2.05) is 12.1 Å². The molecule has 65 valence electrons. The van der Waals surface area contributed by atoms with Crippen LogP contribution in [0.15, 0.2) is 18.3 Å². The monoisotopic (exact) mass is 163 g/mol. The molecule has 0 atom stereocenters. The van der Waals surface area contributed by atoms with Gasteiger partial charge in [-0.15, -0.1) is 0 Å². The van der Waals surface area contributed by atoms with E-state index >= 15 is 0 Å². The summed E-state index contributed by atoms with van der Waals surface area (Å²) < 4.78 is 0. The van der Waals surface area contributed by atoms with E-state index in [-0.39, 0.29) is 0 Å². The summed E-state index contributed by atoms with van der Waals surface area (Å²) in [6, 6.07) is 4.46. The van der Waals surface area contributed by atoms with E-state index in [0.29, 0.717) is 6.04 Å². The fourth-order valence-corrected chi connectivity index (χ4v) is 1.12. The molecule has 1 heterocycles. The van der Waals surface area contributed by atoms with Crippen molar-refractivity contribution in [1.82, 2.24) is 4.98 Å². The van der Waals surface area contributed by atoms with Crippen LogP contribution in [0.3, 0.4) is 0 Å². The molecule has 0 fully saturated rings. The normalized spacial score (nSPS) is 10.2. The first-order chi connectivity index (χ1) is 5.86. The van der Waals surface area contributed by atoms with Crippen molar-refractivity contribution in [3.8, 4) is 0 Å². The van der Waals surface area contributed by atoms with Crippen molar-refractivity contribution in [2.24, 2.45) is 0 Å². The molecule has 1 rings (SSSR count). The van der Waals surface area contributed by atoms with Gasteiger partial charge in [0.15, 0.2) is 0 Å². The molecule has 0 aromatic carbocycles. The second-order valence-corrected chi connectivity index (χ2v) is 2.82. The Morgan fingerprint density at radius 1 is 1.50 bits per heavy atom. The first kappa shape index (κ1) is 9.04. The van der Waals surface area contributed by atoms with Crippen molar-refractivity contribution in [3.05, 3.63) is 24.5 Å². The predicted octanol–water partition coefficient (Wildman–Crippen LogP) is 2.48. The molecular formula is C10H15N2. The number of rotatable bonds is 4. The van der Waals surface area contributed by atoms with E-state index in [2.05, 4.69) is 30.3 Å². The van der Waals surface area contributed by atoms with Gasteiger partial charge in [-0.25, -0.2) is 0 Å². The number of hydrogen-bond acceptors (Lipinski definition) is 2. The molecule has 1 aromatic rings. The Balaban J connectivity index is 2.51. The van der Waals surface area contributed by atoms with Gasteiger partial charge in [0, 0.05) is 12.2 Å². The van der Waals surface area contributed by atoms with Crippen LogP contribution in [-0.4, -0.2) is 11.0 Å². The summed E-state index contributed by atoms with van der Waals surface area (Å²) in [6.07, 6.45) is 6.92. The highest BCUT2D eigenvalue weighted by Gasteiger charge is 2.01. The number of aromatic nitrogens is 1. The van der Waals surface area contributed by atoms with Crippen molar-refractivity contribution in [2.45, 2.75) is 32.7 Å². The van der Waals surface area contributed by atoms with Crippen LogP contribution in [0.4, 0.5) is 5.69 Å². The third kappa shape index (κ3) is 2.53. The fraction of sp³-hybridized carbons (Fsp3) is 0.500. The van der Waals surface area contributed by atoms with Gasteiger partial charge in [-0.3, -0.25) is 4.98 Å². The van der Waals surface area contributed by atoms with Gasteiger partial charge in [0.05, 0.1) is 5.69 Å². The van der Waals surface area contributed by atoms with Crippen molar-refractivity contribution in [3.63, 3.8) is 0 Å². The lowest BCUT2D eigenvalue weighted by Crippen LogP contribution is -2.16. The molecule has 1 N–H and O–H groups in total. The van der Waals surface area contributed by atoms with Crippen LogP contribution in [0.1, 0.15) is 26.7 Å². The molecule has 0 aliphatic carbocycles. The molecule has 1 radical (unpaired) electrons. The van der Waals surface area contributed by atoms with Crippen LogP contribution in [0.25, 0.3) is 0 Å². The Labute approximate surface area is 74.0 Å². The van der Waals surface area contributed by atoms with Crippen LogP contribution in [0.2, 0.25) is 0 Å². The molecule has 0 saturated carbocycles. The maximum Gasteiger partial charge on any atom is 0.114 e. The van der Waals surface area contributed by atoms with E-state index < -0.39 is 0 Å². The summed E-state index contributed by atoms with van der Waals surface area (Å²) in [5.41, 5.74) is 0.992. The highest BCUT2D eigenvalue weighted by Crippen LogP contribution is 2.08. The fourth-order valence-electron chi connectivity index (χ4n) is 1.12. The lowest BCUT2D eigenvalue weighted by molar-refractivity contribution is 0.671. The quantitative estimate of drug-likeness (QED) is 0.737. The smallest absolute Gasteiger partial charge is 0.114 e. The van der Waals surface area contributed by atoms with E-state index in [1.165, 1.54) is 0 Å². The highest BCUT2D eigenvalue weighted by atomic mass is 14.9. The largest absolute Gasteiger partial charge is 0.381 e. The maximum absolute atomic E-state index is 3.92. The first-order valence-electron chi connectivity index (χ1n) is 4.46. The van der Waals surface area contributed by atoms with Crippen LogP contribution in [0.5, 0.6) is 0 Å². The molecule has 0 amide bonds. The molecule has 0 aliphatic heterocycles. The molecule has 1 aromatic heterocycles. The van der Waals surface area contributed by atoms with E-state index in [1.54, 1.807) is 6.20 Å². The summed E-state index contributed by atoms with van der Waals surface area (Å²) in [6.45, 7) is 4.36. The number of nitrogens with one attached hydrogen (secondary N) is 1. The summed E-state index contributed by atoms with van der Waals surface area (Å²) in [7, 11) is 0. The van der Waals surface area contributed by atoms with E-state index in [0.717, 1.165) is 18.5 Å². The summed E-state index contributed by atoms with van der Waals surface area (Å²) in [5, 5.41) is 3.36. The second kappa shape index (κ2) is 4.75. The highest BCUT2D eigenvalue weighted by molar-refractivity contribution is 5.39. The van der Waals surface area contributed by atoms with Gasteiger partial charge in [0.25, 0.3) is 0 Å². The molecule has 0 saturated heterocycles. The molecule has 2 heteroatoms. The summed E-state index contributed by atoms with van der Waals surface area (Å²) in [4.78, 5) is 3.92. The maximum atomic E-state index is 3.92. The summed E-state index contributed by atoms with van der Waals surface area (Å²) >= 11 is 0.